The summed E-state index contributed by atoms with van der Waals surface area (Å²) in [6.45, 7) is 0.526. The van der Waals surface area contributed by atoms with Crippen LogP contribution in [0.25, 0.3) is 10.8 Å². The molecule has 124 valence electrons. The molecule has 1 fully saturated rings. The summed E-state index contributed by atoms with van der Waals surface area (Å²) in [7, 11) is -2.15. The minimum absolute atomic E-state index is 0.526. The van der Waals surface area contributed by atoms with Crippen LogP contribution >= 0.6 is 10.4 Å². The summed E-state index contributed by atoms with van der Waals surface area (Å²) < 4.78 is 21.4. The summed E-state index contributed by atoms with van der Waals surface area (Å²) in [5.74, 6) is 2.25. The summed E-state index contributed by atoms with van der Waals surface area (Å²) in [5, 5.41) is 2.03. The highest BCUT2D eigenvalue weighted by molar-refractivity contribution is 8.29. The first kappa shape index (κ1) is 15.5. The lowest BCUT2D eigenvalue weighted by molar-refractivity contribution is 0.310. The fourth-order valence-corrected chi connectivity index (χ4v) is 6.26. The van der Waals surface area contributed by atoms with Gasteiger partial charge < -0.3 is 4.74 Å². The fourth-order valence-electron chi connectivity index (χ4n) is 3.41. The van der Waals surface area contributed by atoms with E-state index in [-0.39, 0.29) is 0 Å². The summed E-state index contributed by atoms with van der Waals surface area (Å²) >= 11 is 0. The summed E-state index contributed by atoms with van der Waals surface area (Å²) in [6.07, 6.45) is 2.01. The van der Waals surface area contributed by atoms with Gasteiger partial charge >= 0.3 is 0 Å². The van der Waals surface area contributed by atoms with Gasteiger partial charge in [-0.3, -0.25) is 0 Å². The summed E-state index contributed by atoms with van der Waals surface area (Å²) in [6, 6.07) is 22.1. The van der Waals surface area contributed by atoms with Gasteiger partial charge in [-0.2, -0.15) is 3.89 Å². The van der Waals surface area contributed by atoms with Crippen molar-refractivity contribution in [3.8, 4) is 5.75 Å². The SMILES string of the molecule is FS1(c2ccc(OCc3ccccc3)c3ccccc23)CCCC1. The number of hydrogen-bond donors (Lipinski definition) is 0. The number of halogens is 1. The van der Waals surface area contributed by atoms with E-state index in [2.05, 4.69) is 12.1 Å². The second kappa shape index (κ2) is 6.48. The van der Waals surface area contributed by atoms with Crippen LogP contribution in [0.2, 0.25) is 0 Å². The van der Waals surface area contributed by atoms with E-state index in [0.29, 0.717) is 18.1 Å². The van der Waals surface area contributed by atoms with Crippen LogP contribution in [0.4, 0.5) is 3.89 Å². The van der Waals surface area contributed by atoms with Crippen molar-refractivity contribution in [2.45, 2.75) is 24.3 Å². The number of benzene rings is 3. The van der Waals surface area contributed by atoms with Crippen molar-refractivity contribution in [1.82, 2.24) is 0 Å². The van der Waals surface area contributed by atoms with Gasteiger partial charge in [0.25, 0.3) is 0 Å². The molecule has 4 rings (SSSR count). The lowest BCUT2D eigenvalue weighted by Crippen LogP contribution is -2.00. The molecule has 3 aromatic carbocycles. The minimum Gasteiger partial charge on any atom is -0.488 e. The zero-order chi connectivity index (χ0) is 16.4. The Morgan fingerprint density at radius 1 is 0.792 bits per heavy atom. The Morgan fingerprint density at radius 3 is 2.21 bits per heavy atom. The standard InChI is InChI=1S/C21H21FOS/c22-24(14-6-7-15-24)21-13-12-20(18-10-4-5-11-19(18)21)23-16-17-8-2-1-3-9-17/h1-5,8-13H,6-7,14-16H2. The molecule has 1 aliphatic rings. The van der Waals surface area contributed by atoms with Gasteiger partial charge in [-0.25, -0.2) is 0 Å². The Morgan fingerprint density at radius 2 is 1.46 bits per heavy atom. The molecule has 24 heavy (non-hydrogen) atoms. The molecule has 0 radical (unpaired) electrons. The van der Waals surface area contributed by atoms with Gasteiger partial charge in [0.05, 0.1) is 0 Å². The molecule has 0 saturated carbocycles. The normalized spacial score (nSPS) is 17.7. The second-order valence-corrected chi connectivity index (χ2v) is 9.12. The Labute approximate surface area is 144 Å². The lowest BCUT2D eigenvalue weighted by Gasteiger charge is -2.27. The molecule has 1 aliphatic heterocycles. The van der Waals surface area contributed by atoms with Crippen molar-refractivity contribution in [2.24, 2.45) is 0 Å². The van der Waals surface area contributed by atoms with Crippen molar-refractivity contribution in [1.29, 1.82) is 0 Å². The third kappa shape index (κ3) is 2.89. The largest absolute Gasteiger partial charge is 0.488 e. The predicted octanol–water partition coefficient (Wildman–Crippen LogP) is 6.26. The molecule has 0 aromatic heterocycles. The minimum atomic E-state index is -2.15. The van der Waals surface area contributed by atoms with Crippen LogP contribution in [0.5, 0.6) is 5.75 Å². The van der Waals surface area contributed by atoms with Gasteiger partial charge in [0.15, 0.2) is 0 Å². The van der Waals surface area contributed by atoms with Gasteiger partial charge in [-0.15, -0.1) is 0 Å². The molecule has 0 unspecified atom stereocenters. The molecule has 1 nitrogen and oxygen atoms in total. The van der Waals surface area contributed by atoms with E-state index in [1.807, 2.05) is 54.6 Å². The van der Waals surface area contributed by atoms with Crippen LogP contribution in [0.3, 0.4) is 0 Å². The molecule has 3 aromatic rings. The maximum absolute atomic E-state index is 15.4. The molecule has 1 saturated heterocycles. The Kier molecular flexibility index (Phi) is 4.19. The van der Waals surface area contributed by atoms with Gasteiger partial charge in [0.1, 0.15) is 12.4 Å². The van der Waals surface area contributed by atoms with Crippen LogP contribution in [0.1, 0.15) is 18.4 Å². The molecule has 3 heteroatoms. The highest BCUT2D eigenvalue weighted by Gasteiger charge is 2.31. The monoisotopic (exact) mass is 340 g/mol. The van der Waals surface area contributed by atoms with E-state index >= 15 is 3.89 Å². The third-order valence-electron chi connectivity index (χ3n) is 4.66. The van der Waals surface area contributed by atoms with Crippen molar-refractivity contribution in [3.05, 3.63) is 72.3 Å². The zero-order valence-electron chi connectivity index (χ0n) is 13.6. The second-order valence-electron chi connectivity index (χ2n) is 6.29. The first-order valence-electron chi connectivity index (χ1n) is 8.43. The van der Waals surface area contributed by atoms with E-state index in [4.69, 9.17) is 4.74 Å². The third-order valence-corrected chi connectivity index (χ3v) is 7.68. The molecule has 0 N–H and O–H groups in total. The summed E-state index contributed by atoms with van der Waals surface area (Å²) in [4.78, 5) is 0.905. The van der Waals surface area contributed by atoms with Crippen LogP contribution < -0.4 is 4.74 Å². The van der Waals surface area contributed by atoms with Gasteiger partial charge in [0.2, 0.25) is 0 Å². The number of hydrogen-bond acceptors (Lipinski definition) is 1. The van der Waals surface area contributed by atoms with Crippen LogP contribution in [-0.4, -0.2) is 11.5 Å². The Balaban J connectivity index is 1.70. The van der Waals surface area contributed by atoms with E-state index in [9.17, 15) is 0 Å². The number of ether oxygens (including phenoxy) is 1. The molecule has 0 spiro atoms. The number of rotatable bonds is 4. The van der Waals surface area contributed by atoms with Crippen molar-refractivity contribution < 1.29 is 8.62 Å². The molecular formula is C21H21FOS. The molecule has 0 amide bonds. The molecule has 0 aliphatic carbocycles. The van der Waals surface area contributed by atoms with E-state index in [0.717, 1.165) is 39.8 Å². The van der Waals surface area contributed by atoms with Crippen LogP contribution in [-0.2, 0) is 6.61 Å². The molecule has 0 bridgehead atoms. The first-order valence-corrected chi connectivity index (χ1v) is 10.3. The quantitative estimate of drug-likeness (QED) is 0.544. The molecular weight excluding hydrogens is 319 g/mol. The molecule has 0 atom stereocenters. The average Bonchev–Trinajstić information content (AvgIpc) is 3.08. The fraction of sp³-hybridized carbons (Fsp3) is 0.238. The van der Waals surface area contributed by atoms with Crippen molar-refractivity contribution in [2.75, 3.05) is 11.5 Å². The maximum atomic E-state index is 15.4. The van der Waals surface area contributed by atoms with Crippen LogP contribution in [0.15, 0.2) is 71.6 Å². The average molecular weight is 340 g/mol. The van der Waals surface area contributed by atoms with Crippen LogP contribution in [0, 0.1) is 0 Å². The predicted molar refractivity (Wildman–Crippen MR) is 101 cm³/mol. The highest BCUT2D eigenvalue weighted by atomic mass is 32.3. The van der Waals surface area contributed by atoms with Crippen molar-refractivity contribution >= 4 is 21.2 Å². The summed E-state index contributed by atoms with van der Waals surface area (Å²) in [5.41, 5.74) is 1.13. The number of fused-ring (bicyclic) bond motifs is 1. The maximum Gasteiger partial charge on any atom is 0.127 e. The molecule has 1 heterocycles. The van der Waals surface area contributed by atoms with E-state index in [1.165, 1.54) is 0 Å². The van der Waals surface area contributed by atoms with Gasteiger partial charge in [0, 0.05) is 21.8 Å². The van der Waals surface area contributed by atoms with Gasteiger partial charge in [-0.05, 0) is 35.9 Å². The Hall–Kier alpha value is -2.00. The Bertz CT molecular complexity index is 841. The first-order chi connectivity index (χ1) is 11.8. The van der Waals surface area contributed by atoms with Crippen molar-refractivity contribution in [3.63, 3.8) is 0 Å². The van der Waals surface area contributed by atoms with E-state index < -0.39 is 10.4 Å². The smallest absolute Gasteiger partial charge is 0.127 e. The van der Waals surface area contributed by atoms with Gasteiger partial charge in [-0.1, -0.05) is 65.0 Å². The van der Waals surface area contributed by atoms with E-state index in [1.54, 1.807) is 0 Å². The zero-order valence-corrected chi connectivity index (χ0v) is 14.4. The topological polar surface area (TPSA) is 9.23 Å². The highest BCUT2D eigenvalue weighted by Crippen LogP contribution is 2.63. The lowest BCUT2D eigenvalue weighted by atomic mass is 10.1.